The third-order valence-corrected chi connectivity index (χ3v) is 1.88. The summed E-state index contributed by atoms with van der Waals surface area (Å²) in [6.45, 7) is 0. The molecule has 1 aromatic rings. The highest BCUT2D eigenvalue weighted by atomic mass is 35.5. The van der Waals surface area contributed by atoms with Crippen molar-refractivity contribution in [3.8, 4) is 0 Å². The highest BCUT2D eigenvalue weighted by molar-refractivity contribution is 6.30. The van der Waals surface area contributed by atoms with Gasteiger partial charge in [-0.1, -0.05) is 12.1 Å². The van der Waals surface area contributed by atoms with Crippen LogP contribution in [-0.4, -0.2) is 5.91 Å². The molecule has 2 nitrogen and oxygen atoms in total. The highest BCUT2D eigenvalue weighted by Crippen LogP contribution is 2.19. The molecule has 64 valence electrons. The number of nitrogens with two attached hydrogens (primary N) is 1. The number of carbonyl (C=O) groups is 1. The Morgan fingerprint density at radius 2 is 1.92 bits per heavy atom. The van der Waals surface area contributed by atoms with Gasteiger partial charge in [0, 0.05) is 0 Å². The largest absolute Gasteiger partial charge is 0.368 e. The molecule has 2 N–H and O–H groups in total. The van der Waals surface area contributed by atoms with Gasteiger partial charge in [-0.3, -0.25) is 4.79 Å². The smallest absolute Gasteiger partial charge is 0.240 e. The van der Waals surface area contributed by atoms with E-state index in [4.69, 9.17) is 17.3 Å². The molecule has 0 bridgehead atoms. The fraction of sp³-hybridized carbons (Fsp3) is 0.125. The zero-order valence-corrected chi connectivity index (χ0v) is 6.88. The van der Waals surface area contributed by atoms with Crippen molar-refractivity contribution < 1.29 is 9.18 Å². The molecule has 1 aromatic carbocycles. The van der Waals surface area contributed by atoms with E-state index in [-0.39, 0.29) is 5.82 Å². The van der Waals surface area contributed by atoms with Crippen molar-refractivity contribution >= 4 is 17.5 Å². The third-order valence-electron chi connectivity index (χ3n) is 1.41. The Bertz CT molecular complexity index is 286. The minimum absolute atomic E-state index is 0.368. The average molecular weight is 188 g/mol. The molecule has 0 heterocycles. The van der Waals surface area contributed by atoms with E-state index in [1.54, 1.807) is 0 Å². The number of hydrogen-bond acceptors (Lipinski definition) is 1. The number of primary amides is 1. The molecule has 0 aliphatic heterocycles. The Balaban J connectivity index is 2.89. The van der Waals surface area contributed by atoms with Gasteiger partial charge in [0.25, 0.3) is 0 Å². The minimum atomic E-state index is -0.884. The van der Waals surface area contributed by atoms with Crippen molar-refractivity contribution in [2.45, 2.75) is 5.38 Å². The highest BCUT2D eigenvalue weighted by Gasteiger charge is 2.13. The topological polar surface area (TPSA) is 43.1 Å². The monoisotopic (exact) mass is 187 g/mol. The Kier molecular flexibility index (Phi) is 2.65. The molecule has 0 saturated heterocycles. The van der Waals surface area contributed by atoms with Gasteiger partial charge >= 0.3 is 0 Å². The van der Waals surface area contributed by atoms with E-state index >= 15 is 0 Å². The molecular weight excluding hydrogens is 181 g/mol. The molecule has 1 atom stereocenters. The van der Waals surface area contributed by atoms with Crippen LogP contribution in [0.4, 0.5) is 4.39 Å². The molecule has 12 heavy (non-hydrogen) atoms. The molecule has 4 heteroatoms. The van der Waals surface area contributed by atoms with Gasteiger partial charge in [0.05, 0.1) is 0 Å². The molecular formula is C8H7ClFNO. The molecule has 0 fully saturated rings. The lowest BCUT2D eigenvalue weighted by atomic mass is 10.1. The second-order valence-corrected chi connectivity index (χ2v) is 2.75. The third kappa shape index (κ3) is 1.95. The van der Waals surface area contributed by atoms with E-state index < -0.39 is 11.3 Å². The summed E-state index contributed by atoms with van der Waals surface area (Å²) < 4.78 is 12.4. The lowest BCUT2D eigenvalue weighted by Crippen LogP contribution is -2.16. The maximum atomic E-state index is 12.4. The summed E-state index contributed by atoms with van der Waals surface area (Å²) in [5.41, 5.74) is 5.45. The summed E-state index contributed by atoms with van der Waals surface area (Å²) in [7, 11) is 0. The normalized spacial score (nSPS) is 12.5. The molecule has 1 amide bonds. The van der Waals surface area contributed by atoms with Crippen LogP contribution in [0.5, 0.6) is 0 Å². The first-order chi connectivity index (χ1) is 5.61. The van der Waals surface area contributed by atoms with Crippen LogP contribution < -0.4 is 5.73 Å². The number of carbonyl (C=O) groups excluding carboxylic acids is 1. The van der Waals surface area contributed by atoms with E-state index in [1.807, 2.05) is 0 Å². The van der Waals surface area contributed by atoms with Crippen molar-refractivity contribution in [2.24, 2.45) is 5.73 Å². The molecule has 0 aromatic heterocycles. The van der Waals surface area contributed by atoms with Crippen LogP contribution in [0.3, 0.4) is 0 Å². The van der Waals surface area contributed by atoms with Crippen molar-refractivity contribution in [2.75, 3.05) is 0 Å². The van der Waals surface area contributed by atoms with Crippen LogP contribution in [0.2, 0.25) is 0 Å². The van der Waals surface area contributed by atoms with Gasteiger partial charge in [0.15, 0.2) is 0 Å². The maximum absolute atomic E-state index is 12.4. The summed E-state index contributed by atoms with van der Waals surface area (Å²) in [5, 5.41) is -0.884. The number of benzene rings is 1. The molecule has 0 spiro atoms. The van der Waals surface area contributed by atoms with E-state index in [0.29, 0.717) is 5.56 Å². The molecule has 0 radical (unpaired) electrons. The summed E-state index contributed by atoms with van der Waals surface area (Å²) in [6.07, 6.45) is 0. The fourth-order valence-corrected chi connectivity index (χ4v) is 0.941. The fourth-order valence-electron chi connectivity index (χ4n) is 0.796. The van der Waals surface area contributed by atoms with Gasteiger partial charge in [0.1, 0.15) is 11.2 Å². The number of hydrogen-bond donors (Lipinski definition) is 1. The Morgan fingerprint density at radius 3 is 2.33 bits per heavy atom. The zero-order chi connectivity index (χ0) is 9.14. The van der Waals surface area contributed by atoms with Crippen LogP contribution in [0.15, 0.2) is 24.3 Å². The number of amides is 1. The standard InChI is InChI=1S/C8H7ClFNO/c9-7(8(11)12)5-1-3-6(10)4-2-5/h1-4,7H,(H2,11,12)/t7-/m1/s1. The second-order valence-electron chi connectivity index (χ2n) is 2.32. The van der Waals surface area contributed by atoms with Gasteiger partial charge in [0.2, 0.25) is 5.91 Å². The summed E-state index contributed by atoms with van der Waals surface area (Å²) in [6, 6.07) is 5.32. The van der Waals surface area contributed by atoms with Crippen molar-refractivity contribution in [1.82, 2.24) is 0 Å². The molecule has 0 unspecified atom stereocenters. The Hall–Kier alpha value is -1.09. The van der Waals surface area contributed by atoms with Crippen molar-refractivity contribution in [3.63, 3.8) is 0 Å². The van der Waals surface area contributed by atoms with Gasteiger partial charge in [-0.15, -0.1) is 11.6 Å². The number of halogens is 2. The van der Waals surface area contributed by atoms with E-state index in [1.165, 1.54) is 24.3 Å². The molecule has 0 aliphatic carbocycles. The van der Waals surface area contributed by atoms with E-state index in [2.05, 4.69) is 0 Å². The van der Waals surface area contributed by atoms with E-state index in [9.17, 15) is 9.18 Å². The van der Waals surface area contributed by atoms with Crippen LogP contribution in [0, 0.1) is 5.82 Å². The van der Waals surface area contributed by atoms with Gasteiger partial charge in [-0.25, -0.2) is 4.39 Å². The first-order valence-corrected chi connectivity index (χ1v) is 3.74. The predicted molar refractivity (Wildman–Crippen MR) is 44.2 cm³/mol. The molecule has 1 rings (SSSR count). The SMILES string of the molecule is NC(=O)[C@H](Cl)c1ccc(F)cc1. The van der Waals surface area contributed by atoms with Gasteiger partial charge in [-0.05, 0) is 17.7 Å². The maximum Gasteiger partial charge on any atom is 0.240 e. The van der Waals surface area contributed by atoms with Crippen LogP contribution in [-0.2, 0) is 4.79 Å². The summed E-state index contributed by atoms with van der Waals surface area (Å²) >= 11 is 5.60. The first-order valence-electron chi connectivity index (χ1n) is 3.30. The lowest BCUT2D eigenvalue weighted by molar-refractivity contribution is -0.117. The number of alkyl halides is 1. The quantitative estimate of drug-likeness (QED) is 0.702. The van der Waals surface area contributed by atoms with E-state index in [0.717, 1.165) is 0 Å². The van der Waals surface area contributed by atoms with Crippen LogP contribution >= 0.6 is 11.6 Å². The van der Waals surface area contributed by atoms with Crippen molar-refractivity contribution in [3.05, 3.63) is 35.6 Å². The lowest BCUT2D eigenvalue weighted by Gasteiger charge is -2.03. The Labute approximate surface area is 74.1 Å². The Morgan fingerprint density at radius 1 is 1.42 bits per heavy atom. The van der Waals surface area contributed by atoms with Gasteiger partial charge in [-0.2, -0.15) is 0 Å². The zero-order valence-electron chi connectivity index (χ0n) is 6.13. The summed E-state index contributed by atoms with van der Waals surface area (Å²) in [5.74, 6) is -1.00. The molecule has 0 saturated carbocycles. The first kappa shape index (κ1) is 9.00. The second kappa shape index (κ2) is 3.54. The molecule has 0 aliphatic rings. The minimum Gasteiger partial charge on any atom is -0.368 e. The van der Waals surface area contributed by atoms with Crippen LogP contribution in [0.25, 0.3) is 0 Å². The average Bonchev–Trinajstić information content (AvgIpc) is 2.04. The predicted octanol–water partition coefficient (Wildman–Crippen LogP) is 1.59. The van der Waals surface area contributed by atoms with Crippen molar-refractivity contribution in [1.29, 1.82) is 0 Å². The summed E-state index contributed by atoms with van der Waals surface area (Å²) in [4.78, 5) is 10.6. The van der Waals surface area contributed by atoms with Gasteiger partial charge < -0.3 is 5.73 Å². The number of rotatable bonds is 2. The van der Waals surface area contributed by atoms with Crippen LogP contribution in [0.1, 0.15) is 10.9 Å².